The first-order chi connectivity index (χ1) is 13.9. The SMILES string of the molecule is Cc1ccc(NC(=O)CN2CCN(C(=O)COc3cccc(C)c3C)CC2)cc1. The van der Waals surface area contributed by atoms with Crippen LogP contribution in [0.4, 0.5) is 5.69 Å². The molecule has 0 atom stereocenters. The minimum Gasteiger partial charge on any atom is -0.483 e. The van der Waals surface area contributed by atoms with Crippen molar-refractivity contribution in [1.29, 1.82) is 0 Å². The maximum atomic E-state index is 12.5. The highest BCUT2D eigenvalue weighted by Crippen LogP contribution is 2.20. The Labute approximate surface area is 172 Å². The number of piperazine rings is 1. The number of hydrogen-bond donors (Lipinski definition) is 1. The Kier molecular flexibility index (Phi) is 6.88. The average Bonchev–Trinajstić information content (AvgIpc) is 2.71. The first-order valence-corrected chi connectivity index (χ1v) is 9.98. The Morgan fingerprint density at radius 2 is 1.66 bits per heavy atom. The number of carbonyl (C=O) groups excluding carboxylic acids is 2. The lowest BCUT2D eigenvalue weighted by molar-refractivity contribution is -0.135. The zero-order valence-corrected chi connectivity index (χ0v) is 17.4. The summed E-state index contributed by atoms with van der Waals surface area (Å²) in [6, 6.07) is 13.6. The van der Waals surface area contributed by atoms with Crippen molar-refractivity contribution in [1.82, 2.24) is 9.80 Å². The molecular weight excluding hydrogens is 366 g/mol. The van der Waals surface area contributed by atoms with Gasteiger partial charge in [0, 0.05) is 31.9 Å². The molecule has 0 spiro atoms. The Bertz CT molecular complexity index is 856. The van der Waals surface area contributed by atoms with Gasteiger partial charge in [-0.25, -0.2) is 0 Å². The van der Waals surface area contributed by atoms with Crippen molar-refractivity contribution < 1.29 is 14.3 Å². The molecule has 0 aromatic heterocycles. The molecule has 2 aromatic carbocycles. The molecule has 0 bridgehead atoms. The van der Waals surface area contributed by atoms with E-state index in [1.807, 2.05) is 63.2 Å². The van der Waals surface area contributed by atoms with E-state index in [9.17, 15) is 9.59 Å². The molecule has 0 radical (unpaired) electrons. The van der Waals surface area contributed by atoms with Gasteiger partial charge in [-0.3, -0.25) is 14.5 Å². The van der Waals surface area contributed by atoms with Crippen LogP contribution in [-0.4, -0.2) is 60.9 Å². The molecular formula is C23H29N3O3. The molecule has 0 aliphatic carbocycles. The van der Waals surface area contributed by atoms with E-state index in [4.69, 9.17) is 4.74 Å². The lowest BCUT2D eigenvalue weighted by Gasteiger charge is -2.34. The molecule has 29 heavy (non-hydrogen) atoms. The van der Waals surface area contributed by atoms with Crippen molar-refractivity contribution in [3.05, 3.63) is 59.2 Å². The van der Waals surface area contributed by atoms with Crippen molar-refractivity contribution in [2.45, 2.75) is 20.8 Å². The summed E-state index contributed by atoms with van der Waals surface area (Å²) in [5.74, 6) is 0.700. The van der Waals surface area contributed by atoms with Gasteiger partial charge in [-0.2, -0.15) is 0 Å². The smallest absolute Gasteiger partial charge is 0.260 e. The van der Waals surface area contributed by atoms with Crippen LogP contribution in [0.15, 0.2) is 42.5 Å². The Hall–Kier alpha value is -2.86. The van der Waals surface area contributed by atoms with Gasteiger partial charge in [0.05, 0.1) is 6.54 Å². The zero-order valence-electron chi connectivity index (χ0n) is 17.4. The second kappa shape index (κ2) is 9.56. The number of nitrogens with one attached hydrogen (secondary N) is 1. The predicted molar refractivity (Wildman–Crippen MR) is 114 cm³/mol. The van der Waals surface area contributed by atoms with Gasteiger partial charge in [-0.15, -0.1) is 0 Å². The van der Waals surface area contributed by atoms with Crippen molar-refractivity contribution in [2.24, 2.45) is 0 Å². The number of carbonyl (C=O) groups is 2. The van der Waals surface area contributed by atoms with E-state index in [1.165, 1.54) is 0 Å². The molecule has 0 unspecified atom stereocenters. The third kappa shape index (κ3) is 5.81. The fourth-order valence-electron chi connectivity index (χ4n) is 3.31. The first kappa shape index (κ1) is 20.9. The monoisotopic (exact) mass is 395 g/mol. The molecule has 1 saturated heterocycles. The van der Waals surface area contributed by atoms with Crippen LogP contribution in [0.3, 0.4) is 0 Å². The molecule has 1 aliphatic rings. The molecule has 6 nitrogen and oxygen atoms in total. The Morgan fingerprint density at radius 1 is 0.966 bits per heavy atom. The predicted octanol–water partition coefficient (Wildman–Crippen LogP) is 2.77. The van der Waals surface area contributed by atoms with Crippen LogP contribution in [0.2, 0.25) is 0 Å². The first-order valence-electron chi connectivity index (χ1n) is 9.98. The fraction of sp³-hybridized carbons (Fsp3) is 0.391. The maximum Gasteiger partial charge on any atom is 0.260 e. The van der Waals surface area contributed by atoms with Gasteiger partial charge in [0.15, 0.2) is 6.61 Å². The van der Waals surface area contributed by atoms with Gasteiger partial charge in [-0.1, -0.05) is 29.8 Å². The Morgan fingerprint density at radius 3 is 2.34 bits per heavy atom. The highest BCUT2D eigenvalue weighted by Gasteiger charge is 2.23. The van der Waals surface area contributed by atoms with Crippen LogP contribution < -0.4 is 10.1 Å². The van der Waals surface area contributed by atoms with E-state index >= 15 is 0 Å². The molecule has 1 aliphatic heterocycles. The van der Waals surface area contributed by atoms with Crippen molar-refractivity contribution in [3.8, 4) is 5.75 Å². The van der Waals surface area contributed by atoms with E-state index in [-0.39, 0.29) is 18.4 Å². The van der Waals surface area contributed by atoms with Gasteiger partial charge in [-0.05, 0) is 50.1 Å². The summed E-state index contributed by atoms with van der Waals surface area (Å²) in [6.07, 6.45) is 0. The molecule has 2 aromatic rings. The van der Waals surface area contributed by atoms with Crippen LogP contribution in [0.1, 0.15) is 16.7 Å². The number of aryl methyl sites for hydroxylation is 2. The van der Waals surface area contributed by atoms with Crippen LogP contribution in [-0.2, 0) is 9.59 Å². The molecule has 3 rings (SSSR count). The van der Waals surface area contributed by atoms with E-state index in [1.54, 1.807) is 4.90 Å². The largest absolute Gasteiger partial charge is 0.483 e. The van der Waals surface area contributed by atoms with Crippen molar-refractivity contribution in [3.63, 3.8) is 0 Å². The average molecular weight is 396 g/mol. The Balaban J connectivity index is 1.41. The highest BCUT2D eigenvalue weighted by atomic mass is 16.5. The number of hydrogen-bond acceptors (Lipinski definition) is 4. The van der Waals surface area contributed by atoms with E-state index in [2.05, 4.69) is 10.2 Å². The highest BCUT2D eigenvalue weighted by molar-refractivity contribution is 5.92. The number of benzene rings is 2. The summed E-state index contributed by atoms with van der Waals surface area (Å²) < 4.78 is 5.73. The van der Waals surface area contributed by atoms with Gasteiger partial charge in [0.2, 0.25) is 5.91 Å². The van der Waals surface area contributed by atoms with Crippen LogP contribution in [0.25, 0.3) is 0 Å². The summed E-state index contributed by atoms with van der Waals surface area (Å²) in [6.45, 7) is 8.97. The molecule has 1 heterocycles. The summed E-state index contributed by atoms with van der Waals surface area (Å²) in [5.41, 5.74) is 4.17. The zero-order chi connectivity index (χ0) is 20.8. The van der Waals surface area contributed by atoms with Crippen molar-refractivity contribution >= 4 is 17.5 Å². The van der Waals surface area contributed by atoms with Gasteiger partial charge in [0.25, 0.3) is 5.91 Å². The number of rotatable bonds is 6. The standard InChI is InChI=1S/C23H29N3O3/c1-17-7-9-20(10-8-17)24-22(27)15-25-11-13-26(14-12-25)23(28)16-29-21-6-4-5-18(2)19(21)3/h4-10H,11-16H2,1-3H3,(H,24,27). The second-order valence-corrected chi connectivity index (χ2v) is 7.56. The quantitative estimate of drug-likeness (QED) is 0.817. The van der Waals surface area contributed by atoms with E-state index in [0.717, 1.165) is 28.1 Å². The van der Waals surface area contributed by atoms with Crippen LogP contribution >= 0.6 is 0 Å². The number of nitrogens with zero attached hydrogens (tertiary/aromatic N) is 2. The topological polar surface area (TPSA) is 61.9 Å². The van der Waals surface area contributed by atoms with Crippen molar-refractivity contribution in [2.75, 3.05) is 44.6 Å². The van der Waals surface area contributed by atoms with Gasteiger partial charge < -0.3 is 15.0 Å². The molecule has 1 N–H and O–H groups in total. The van der Waals surface area contributed by atoms with E-state index in [0.29, 0.717) is 32.7 Å². The summed E-state index contributed by atoms with van der Waals surface area (Å²) >= 11 is 0. The second-order valence-electron chi connectivity index (χ2n) is 7.56. The van der Waals surface area contributed by atoms with Gasteiger partial charge in [0.1, 0.15) is 5.75 Å². The molecule has 0 saturated carbocycles. The normalized spacial score (nSPS) is 14.5. The minimum atomic E-state index is -0.0353. The third-order valence-corrected chi connectivity index (χ3v) is 5.33. The lowest BCUT2D eigenvalue weighted by atomic mass is 10.1. The fourth-order valence-corrected chi connectivity index (χ4v) is 3.31. The minimum absolute atomic E-state index is 0.0188. The molecule has 1 fully saturated rings. The maximum absolute atomic E-state index is 12.5. The summed E-state index contributed by atoms with van der Waals surface area (Å²) in [4.78, 5) is 28.6. The lowest BCUT2D eigenvalue weighted by Crippen LogP contribution is -2.51. The van der Waals surface area contributed by atoms with Crippen LogP contribution in [0, 0.1) is 20.8 Å². The molecule has 154 valence electrons. The molecule has 2 amide bonds. The summed E-state index contributed by atoms with van der Waals surface area (Å²) in [7, 11) is 0. The number of amides is 2. The summed E-state index contributed by atoms with van der Waals surface area (Å²) in [5, 5.41) is 2.92. The number of ether oxygens (including phenoxy) is 1. The van der Waals surface area contributed by atoms with Gasteiger partial charge >= 0.3 is 0 Å². The molecule has 6 heteroatoms. The number of anilines is 1. The van der Waals surface area contributed by atoms with E-state index < -0.39 is 0 Å². The van der Waals surface area contributed by atoms with Crippen LogP contribution in [0.5, 0.6) is 5.75 Å². The third-order valence-electron chi connectivity index (χ3n) is 5.33.